The molecule has 2 rings (SSSR count). The predicted molar refractivity (Wildman–Crippen MR) is 70.8 cm³/mol. The van der Waals surface area contributed by atoms with Gasteiger partial charge in [-0.05, 0) is 31.5 Å². The van der Waals surface area contributed by atoms with Crippen LogP contribution in [0.3, 0.4) is 0 Å². The summed E-state index contributed by atoms with van der Waals surface area (Å²) in [5.74, 6) is -3.63. The van der Waals surface area contributed by atoms with Gasteiger partial charge in [-0.2, -0.15) is 4.98 Å². The van der Waals surface area contributed by atoms with Crippen LogP contribution in [0.1, 0.15) is 31.6 Å². The molecule has 0 aliphatic rings. The highest BCUT2D eigenvalue weighted by Crippen LogP contribution is 2.21. The highest BCUT2D eigenvalue weighted by atomic mass is 19.2. The number of unbranched alkanes of at least 4 members (excludes halogenated alkanes) is 3. The summed E-state index contributed by atoms with van der Waals surface area (Å²) < 4.78 is 44.2. The van der Waals surface area contributed by atoms with Crippen molar-refractivity contribution in [2.24, 2.45) is 5.73 Å². The second kappa shape index (κ2) is 7.21. The quantitative estimate of drug-likeness (QED) is 0.630. The number of hydrogen-bond acceptors (Lipinski definition) is 4. The minimum atomic E-state index is -1.51. The van der Waals surface area contributed by atoms with Gasteiger partial charge in [-0.1, -0.05) is 18.0 Å². The Bertz CT molecular complexity index is 578. The number of nitrogens with two attached hydrogens (primary N) is 1. The monoisotopic (exact) mass is 299 g/mol. The zero-order valence-corrected chi connectivity index (χ0v) is 11.4. The Morgan fingerprint density at radius 1 is 1.00 bits per heavy atom. The lowest BCUT2D eigenvalue weighted by Gasteiger charge is -1.98. The van der Waals surface area contributed by atoms with Crippen LogP contribution in [-0.2, 0) is 6.42 Å². The second-order valence-electron chi connectivity index (χ2n) is 4.72. The first-order chi connectivity index (χ1) is 10.1. The summed E-state index contributed by atoms with van der Waals surface area (Å²) in [5, 5.41) is 3.65. The largest absolute Gasteiger partial charge is 0.339 e. The number of nitrogens with zero attached hydrogens (tertiary/aromatic N) is 2. The maximum atomic E-state index is 13.1. The molecule has 114 valence electrons. The lowest BCUT2D eigenvalue weighted by molar-refractivity contribution is 0.374. The molecule has 0 unspecified atom stereocenters. The maximum absolute atomic E-state index is 13.1. The van der Waals surface area contributed by atoms with Crippen LogP contribution in [0.5, 0.6) is 0 Å². The molecule has 1 heterocycles. The first-order valence-electron chi connectivity index (χ1n) is 6.79. The smallest absolute Gasteiger partial charge is 0.226 e. The van der Waals surface area contributed by atoms with Crippen molar-refractivity contribution < 1.29 is 17.7 Å². The van der Waals surface area contributed by atoms with Crippen LogP contribution in [-0.4, -0.2) is 16.7 Å². The maximum Gasteiger partial charge on any atom is 0.226 e. The van der Waals surface area contributed by atoms with E-state index in [4.69, 9.17) is 10.3 Å². The molecule has 0 atom stereocenters. The lowest BCUT2D eigenvalue weighted by atomic mass is 10.1. The summed E-state index contributed by atoms with van der Waals surface area (Å²) in [6.45, 7) is 0.673. The van der Waals surface area contributed by atoms with Crippen molar-refractivity contribution in [1.29, 1.82) is 0 Å². The van der Waals surface area contributed by atoms with Crippen LogP contribution in [0.4, 0.5) is 13.2 Å². The molecule has 0 aliphatic heterocycles. The van der Waals surface area contributed by atoms with Gasteiger partial charge in [0.2, 0.25) is 11.7 Å². The third-order valence-corrected chi connectivity index (χ3v) is 3.05. The van der Waals surface area contributed by atoms with E-state index >= 15 is 0 Å². The molecule has 0 aliphatic carbocycles. The van der Waals surface area contributed by atoms with Gasteiger partial charge < -0.3 is 10.3 Å². The average Bonchev–Trinajstić information content (AvgIpc) is 2.93. The third kappa shape index (κ3) is 4.04. The summed E-state index contributed by atoms with van der Waals surface area (Å²) in [6.07, 6.45) is 4.46. The van der Waals surface area contributed by atoms with Crippen molar-refractivity contribution >= 4 is 0 Å². The highest BCUT2D eigenvalue weighted by molar-refractivity contribution is 5.54. The molecule has 7 heteroatoms. The Morgan fingerprint density at radius 3 is 2.33 bits per heavy atom. The minimum Gasteiger partial charge on any atom is -0.339 e. The molecule has 0 spiro atoms. The first-order valence-corrected chi connectivity index (χ1v) is 6.79. The Labute approximate surface area is 120 Å². The molecule has 1 aromatic carbocycles. The fourth-order valence-corrected chi connectivity index (χ4v) is 1.93. The van der Waals surface area contributed by atoms with Crippen molar-refractivity contribution in [2.75, 3.05) is 6.54 Å². The first kappa shape index (κ1) is 15.5. The SMILES string of the molecule is NCCCCCCc1nc(-c2cc(F)c(F)c(F)c2)no1. The van der Waals surface area contributed by atoms with Gasteiger partial charge in [-0.25, -0.2) is 13.2 Å². The van der Waals surface area contributed by atoms with E-state index < -0.39 is 17.5 Å². The van der Waals surface area contributed by atoms with Crippen LogP contribution >= 0.6 is 0 Å². The zero-order valence-electron chi connectivity index (χ0n) is 11.4. The minimum absolute atomic E-state index is 0.0459. The van der Waals surface area contributed by atoms with E-state index in [1.54, 1.807) is 0 Å². The number of aryl methyl sites for hydroxylation is 1. The molecule has 2 aromatic rings. The van der Waals surface area contributed by atoms with E-state index in [9.17, 15) is 13.2 Å². The molecular weight excluding hydrogens is 283 g/mol. The van der Waals surface area contributed by atoms with E-state index in [-0.39, 0.29) is 11.4 Å². The highest BCUT2D eigenvalue weighted by Gasteiger charge is 2.15. The summed E-state index contributed by atoms with van der Waals surface area (Å²) in [4.78, 5) is 4.05. The van der Waals surface area contributed by atoms with Crippen molar-refractivity contribution in [3.05, 3.63) is 35.5 Å². The van der Waals surface area contributed by atoms with Gasteiger partial charge in [0.25, 0.3) is 0 Å². The van der Waals surface area contributed by atoms with Gasteiger partial charge in [-0.3, -0.25) is 0 Å². The fraction of sp³-hybridized carbons (Fsp3) is 0.429. The number of benzene rings is 1. The van der Waals surface area contributed by atoms with E-state index in [0.29, 0.717) is 18.9 Å². The molecule has 0 amide bonds. The molecular formula is C14H16F3N3O. The van der Waals surface area contributed by atoms with Gasteiger partial charge in [0.15, 0.2) is 17.5 Å². The second-order valence-corrected chi connectivity index (χ2v) is 4.72. The van der Waals surface area contributed by atoms with Crippen LogP contribution in [0.2, 0.25) is 0 Å². The van der Waals surface area contributed by atoms with Gasteiger partial charge in [0.05, 0.1) is 0 Å². The Balaban J connectivity index is 1.99. The van der Waals surface area contributed by atoms with Gasteiger partial charge >= 0.3 is 0 Å². The van der Waals surface area contributed by atoms with E-state index in [1.165, 1.54) is 0 Å². The van der Waals surface area contributed by atoms with E-state index in [0.717, 1.165) is 37.8 Å². The van der Waals surface area contributed by atoms with Crippen LogP contribution in [0.15, 0.2) is 16.7 Å². The van der Waals surface area contributed by atoms with Gasteiger partial charge in [-0.15, -0.1) is 0 Å². The Kier molecular flexibility index (Phi) is 5.32. The van der Waals surface area contributed by atoms with E-state index in [2.05, 4.69) is 10.1 Å². The number of halogens is 3. The molecule has 0 fully saturated rings. The average molecular weight is 299 g/mol. The zero-order chi connectivity index (χ0) is 15.2. The van der Waals surface area contributed by atoms with Crippen molar-refractivity contribution in [3.63, 3.8) is 0 Å². The summed E-state index contributed by atoms with van der Waals surface area (Å²) in [5.41, 5.74) is 5.44. The number of rotatable bonds is 7. The van der Waals surface area contributed by atoms with Crippen LogP contribution in [0.25, 0.3) is 11.4 Å². The third-order valence-electron chi connectivity index (χ3n) is 3.05. The van der Waals surface area contributed by atoms with Crippen LogP contribution in [0, 0.1) is 17.5 Å². The summed E-state index contributed by atoms with van der Waals surface area (Å²) in [6, 6.07) is 1.68. The standard InChI is InChI=1S/C14H16F3N3O/c15-10-7-9(8-11(16)13(10)17)14-19-12(21-20-14)5-3-1-2-4-6-18/h7-8H,1-6,18H2. The lowest BCUT2D eigenvalue weighted by Crippen LogP contribution is -1.97. The molecule has 1 aromatic heterocycles. The molecule has 21 heavy (non-hydrogen) atoms. The van der Waals surface area contributed by atoms with Crippen LogP contribution < -0.4 is 5.73 Å². The Hall–Kier alpha value is -1.89. The van der Waals surface area contributed by atoms with Gasteiger partial charge in [0, 0.05) is 12.0 Å². The molecule has 0 saturated heterocycles. The van der Waals surface area contributed by atoms with E-state index in [1.807, 2.05) is 0 Å². The summed E-state index contributed by atoms with van der Waals surface area (Å²) >= 11 is 0. The van der Waals surface area contributed by atoms with Crippen molar-refractivity contribution in [2.45, 2.75) is 32.1 Å². The topological polar surface area (TPSA) is 64.9 Å². The normalized spacial score (nSPS) is 11.0. The summed E-state index contributed by atoms with van der Waals surface area (Å²) in [7, 11) is 0. The van der Waals surface area contributed by atoms with Crippen molar-refractivity contribution in [3.8, 4) is 11.4 Å². The Morgan fingerprint density at radius 2 is 1.67 bits per heavy atom. The molecule has 0 radical (unpaired) electrons. The number of aromatic nitrogens is 2. The molecule has 0 bridgehead atoms. The molecule has 0 saturated carbocycles. The predicted octanol–water partition coefficient (Wildman–Crippen LogP) is 3.22. The fourth-order valence-electron chi connectivity index (χ4n) is 1.93. The van der Waals surface area contributed by atoms with Crippen molar-refractivity contribution in [1.82, 2.24) is 10.1 Å². The molecule has 4 nitrogen and oxygen atoms in total. The van der Waals surface area contributed by atoms with Gasteiger partial charge in [0.1, 0.15) is 0 Å². The number of hydrogen-bond donors (Lipinski definition) is 1. The molecule has 2 N–H and O–H groups in total.